The molecular formula is C17H24N5+. The van der Waals surface area contributed by atoms with E-state index in [4.69, 9.17) is 5.73 Å². The molecule has 5 nitrogen and oxygen atoms in total. The molecular weight excluding hydrogens is 274 g/mol. The molecule has 3 N–H and O–H groups in total. The van der Waals surface area contributed by atoms with Crippen LogP contribution in [0.5, 0.6) is 0 Å². The van der Waals surface area contributed by atoms with Gasteiger partial charge in [-0.3, -0.25) is 0 Å². The van der Waals surface area contributed by atoms with Gasteiger partial charge in [-0.05, 0) is 13.8 Å². The minimum atomic E-state index is 0.363. The van der Waals surface area contributed by atoms with Crippen molar-refractivity contribution in [2.45, 2.75) is 19.9 Å². The highest BCUT2D eigenvalue weighted by Gasteiger charge is 2.26. The lowest BCUT2D eigenvalue weighted by atomic mass is 10.1. The first-order valence-corrected chi connectivity index (χ1v) is 7.89. The highest BCUT2D eigenvalue weighted by atomic mass is 15.3. The van der Waals surface area contributed by atoms with E-state index in [1.54, 1.807) is 4.90 Å². The van der Waals surface area contributed by atoms with Crippen molar-refractivity contribution in [3.8, 4) is 0 Å². The van der Waals surface area contributed by atoms with Crippen LogP contribution in [0.1, 0.15) is 24.2 Å². The zero-order valence-corrected chi connectivity index (χ0v) is 13.3. The minimum Gasteiger partial charge on any atom is -0.368 e. The van der Waals surface area contributed by atoms with E-state index in [9.17, 15) is 0 Å². The third kappa shape index (κ3) is 3.20. The van der Waals surface area contributed by atoms with Crippen LogP contribution < -0.4 is 15.5 Å². The molecule has 0 spiro atoms. The average molecular weight is 298 g/mol. The summed E-state index contributed by atoms with van der Waals surface area (Å²) in [5.41, 5.74) is 8.10. The zero-order chi connectivity index (χ0) is 15.5. The Morgan fingerprint density at radius 1 is 1.14 bits per heavy atom. The molecule has 0 aliphatic carbocycles. The fourth-order valence-corrected chi connectivity index (χ4v) is 3.17. The quantitative estimate of drug-likeness (QED) is 0.881. The molecule has 2 heterocycles. The number of anilines is 2. The van der Waals surface area contributed by atoms with Crippen molar-refractivity contribution in [1.29, 1.82) is 0 Å². The standard InChI is InChI=1S/C17H23N5/c1-13-12-16(20-17(18)19-13)22-10-8-21(9-11-22)14(2)15-6-4-3-5-7-15/h3-7,12,14H,8-11H2,1-2H3,(H2,18,19,20)/p+1/t14-/m0/s1. The van der Waals surface area contributed by atoms with Crippen LogP contribution in [0.4, 0.5) is 11.8 Å². The third-order valence-corrected chi connectivity index (χ3v) is 4.50. The predicted molar refractivity (Wildman–Crippen MR) is 88.9 cm³/mol. The predicted octanol–water partition coefficient (Wildman–Crippen LogP) is 0.833. The molecule has 1 aromatic carbocycles. The van der Waals surface area contributed by atoms with Gasteiger partial charge in [-0.2, -0.15) is 4.98 Å². The molecule has 2 aromatic rings. The number of nitrogens with zero attached hydrogens (tertiary/aromatic N) is 3. The molecule has 1 fully saturated rings. The van der Waals surface area contributed by atoms with Gasteiger partial charge >= 0.3 is 0 Å². The molecule has 22 heavy (non-hydrogen) atoms. The molecule has 1 aliphatic heterocycles. The molecule has 5 heteroatoms. The Hall–Kier alpha value is -2.14. The van der Waals surface area contributed by atoms with Crippen LogP contribution in [-0.4, -0.2) is 36.1 Å². The number of quaternary nitrogens is 1. The van der Waals surface area contributed by atoms with E-state index >= 15 is 0 Å². The van der Waals surface area contributed by atoms with Gasteiger partial charge in [-0.1, -0.05) is 30.3 Å². The van der Waals surface area contributed by atoms with E-state index in [1.807, 2.05) is 13.0 Å². The second kappa shape index (κ2) is 6.32. The monoisotopic (exact) mass is 298 g/mol. The number of piperazine rings is 1. The smallest absolute Gasteiger partial charge is 0.222 e. The highest BCUT2D eigenvalue weighted by molar-refractivity contribution is 5.43. The van der Waals surface area contributed by atoms with Gasteiger partial charge in [-0.25, -0.2) is 4.98 Å². The normalized spacial score (nSPS) is 17.5. The molecule has 0 radical (unpaired) electrons. The topological polar surface area (TPSA) is 59.5 Å². The number of aryl methyl sites for hydroxylation is 1. The number of hydrogen-bond donors (Lipinski definition) is 2. The van der Waals surface area contributed by atoms with Gasteiger partial charge in [0.15, 0.2) is 0 Å². The maximum absolute atomic E-state index is 5.76. The molecule has 1 aromatic heterocycles. The summed E-state index contributed by atoms with van der Waals surface area (Å²) in [6.07, 6.45) is 0. The van der Waals surface area contributed by atoms with Crippen molar-refractivity contribution in [3.05, 3.63) is 47.7 Å². The first-order valence-electron chi connectivity index (χ1n) is 7.89. The summed E-state index contributed by atoms with van der Waals surface area (Å²) >= 11 is 0. The van der Waals surface area contributed by atoms with E-state index in [0.29, 0.717) is 12.0 Å². The number of nitrogen functional groups attached to an aromatic ring is 1. The van der Waals surface area contributed by atoms with E-state index in [2.05, 4.69) is 52.1 Å². The fraction of sp³-hybridized carbons (Fsp3) is 0.412. The molecule has 0 amide bonds. The largest absolute Gasteiger partial charge is 0.368 e. The lowest BCUT2D eigenvalue weighted by Gasteiger charge is -2.36. The van der Waals surface area contributed by atoms with Gasteiger partial charge in [0.25, 0.3) is 0 Å². The summed E-state index contributed by atoms with van der Waals surface area (Å²) in [6, 6.07) is 13.3. The molecule has 3 rings (SSSR count). The summed E-state index contributed by atoms with van der Waals surface area (Å²) in [7, 11) is 0. The van der Waals surface area contributed by atoms with Gasteiger partial charge in [-0.15, -0.1) is 0 Å². The Kier molecular flexibility index (Phi) is 4.24. The van der Waals surface area contributed by atoms with Crippen LogP contribution in [0.3, 0.4) is 0 Å². The SMILES string of the molecule is Cc1cc(N2CC[NH+]([C@@H](C)c3ccccc3)CC2)nc(N)n1. The number of nitrogens with two attached hydrogens (primary N) is 1. The Labute approximate surface area is 131 Å². The molecule has 116 valence electrons. The van der Waals surface area contributed by atoms with Crippen LogP contribution in [0, 0.1) is 6.92 Å². The fourth-order valence-electron chi connectivity index (χ4n) is 3.17. The van der Waals surface area contributed by atoms with Gasteiger partial charge in [0.05, 0.1) is 26.2 Å². The summed E-state index contributed by atoms with van der Waals surface area (Å²) in [6.45, 7) is 8.50. The van der Waals surface area contributed by atoms with E-state index in [0.717, 1.165) is 37.7 Å². The molecule has 1 saturated heterocycles. The molecule has 1 aliphatic rings. The number of benzene rings is 1. The highest BCUT2D eigenvalue weighted by Crippen LogP contribution is 2.14. The van der Waals surface area contributed by atoms with Gasteiger partial charge in [0.1, 0.15) is 11.9 Å². The summed E-state index contributed by atoms with van der Waals surface area (Å²) < 4.78 is 0. The van der Waals surface area contributed by atoms with Crippen molar-refractivity contribution >= 4 is 11.8 Å². The summed E-state index contributed by atoms with van der Waals surface area (Å²) in [5.74, 6) is 1.32. The van der Waals surface area contributed by atoms with E-state index < -0.39 is 0 Å². The Morgan fingerprint density at radius 2 is 1.82 bits per heavy atom. The van der Waals surface area contributed by atoms with Crippen molar-refractivity contribution < 1.29 is 4.90 Å². The van der Waals surface area contributed by atoms with E-state index in [-0.39, 0.29) is 0 Å². The third-order valence-electron chi connectivity index (χ3n) is 4.50. The van der Waals surface area contributed by atoms with Gasteiger partial charge in [0.2, 0.25) is 5.95 Å². The molecule has 0 saturated carbocycles. The lowest BCUT2D eigenvalue weighted by molar-refractivity contribution is -0.930. The maximum atomic E-state index is 5.76. The number of nitrogens with one attached hydrogen (secondary N) is 1. The molecule has 0 bridgehead atoms. The van der Waals surface area contributed by atoms with Crippen molar-refractivity contribution in [1.82, 2.24) is 9.97 Å². The second-order valence-electron chi connectivity index (χ2n) is 6.00. The first-order chi connectivity index (χ1) is 10.6. The number of hydrogen-bond acceptors (Lipinski definition) is 4. The van der Waals surface area contributed by atoms with Crippen molar-refractivity contribution in [2.24, 2.45) is 0 Å². The number of rotatable bonds is 3. The molecule has 0 unspecified atom stereocenters. The maximum Gasteiger partial charge on any atom is 0.222 e. The van der Waals surface area contributed by atoms with Crippen LogP contribution in [-0.2, 0) is 0 Å². The zero-order valence-electron chi connectivity index (χ0n) is 13.3. The minimum absolute atomic E-state index is 0.363. The Balaban J connectivity index is 1.65. The van der Waals surface area contributed by atoms with E-state index in [1.165, 1.54) is 5.56 Å². The Bertz CT molecular complexity index is 600. The van der Waals surface area contributed by atoms with Crippen molar-refractivity contribution in [3.63, 3.8) is 0 Å². The van der Waals surface area contributed by atoms with Gasteiger partial charge in [0, 0.05) is 17.3 Å². The van der Waals surface area contributed by atoms with Crippen LogP contribution >= 0.6 is 0 Å². The number of aromatic nitrogens is 2. The summed E-state index contributed by atoms with van der Waals surface area (Å²) in [4.78, 5) is 12.5. The average Bonchev–Trinajstić information content (AvgIpc) is 2.54. The second-order valence-corrected chi connectivity index (χ2v) is 6.00. The lowest BCUT2D eigenvalue weighted by Crippen LogP contribution is -3.14. The van der Waals surface area contributed by atoms with Crippen LogP contribution in [0.15, 0.2) is 36.4 Å². The first kappa shape index (κ1) is 14.8. The Morgan fingerprint density at radius 3 is 2.45 bits per heavy atom. The van der Waals surface area contributed by atoms with Crippen molar-refractivity contribution in [2.75, 3.05) is 36.8 Å². The summed E-state index contributed by atoms with van der Waals surface area (Å²) in [5, 5.41) is 0. The van der Waals surface area contributed by atoms with Crippen LogP contribution in [0.2, 0.25) is 0 Å². The van der Waals surface area contributed by atoms with Crippen LogP contribution in [0.25, 0.3) is 0 Å². The molecule has 1 atom stereocenters. The van der Waals surface area contributed by atoms with Gasteiger partial charge < -0.3 is 15.5 Å².